The van der Waals surface area contributed by atoms with Gasteiger partial charge in [-0.2, -0.15) is 4.98 Å². The van der Waals surface area contributed by atoms with Crippen molar-refractivity contribution < 1.29 is 14.1 Å². The average molecular weight is 382 g/mol. The molecule has 0 atom stereocenters. The van der Waals surface area contributed by atoms with Crippen molar-refractivity contribution in [3.8, 4) is 11.4 Å². The van der Waals surface area contributed by atoms with E-state index in [4.69, 9.17) is 20.9 Å². The highest BCUT2D eigenvalue weighted by molar-refractivity contribution is 6.30. The van der Waals surface area contributed by atoms with Crippen LogP contribution in [0.15, 0.2) is 63.9 Å². The zero-order chi connectivity index (χ0) is 18.8. The summed E-state index contributed by atoms with van der Waals surface area (Å²) in [4.78, 5) is 31.0. The first-order chi connectivity index (χ1) is 13.1. The molecule has 1 N–H and O–H groups in total. The average Bonchev–Trinajstić information content (AvgIpc) is 3.14. The number of benzene rings is 2. The van der Waals surface area contributed by atoms with Gasteiger partial charge in [0, 0.05) is 27.6 Å². The van der Waals surface area contributed by atoms with Crippen molar-refractivity contribution in [2.24, 2.45) is 0 Å². The van der Waals surface area contributed by atoms with Crippen LogP contribution in [0.5, 0.6) is 0 Å². The van der Waals surface area contributed by atoms with E-state index < -0.39 is 5.97 Å². The first-order valence-electron chi connectivity index (χ1n) is 7.98. The zero-order valence-electron chi connectivity index (χ0n) is 13.8. The molecule has 0 bridgehead atoms. The van der Waals surface area contributed by atoms with E-state index >= 15 is 0 Å². The molecule has 7 nitrogen and oxygen atoms in total. The van der Waals surface area contributed by atoms with Crippen molar-refractivity contribution in [3.05, 3.63) is 81.4 Å². The molecule has 8 heteroatoms. The summed E-state index contributed by atoms with van der Waals surface area (Å²) in [6.07, 6.45) is 0. The van der Waals surface area contributed by atoms with Crippen molar-refractivity contribution in [2.45, 2.75) is 6.61 Å². The maximum Gasteiger partial charge on any atom is 0.339 e. The van der Waals surface area contributed by atoms with Gasteiger partial charge in [0.25, 0.3) is 5.89 Å². The summed E-state index contributed by atoms with van der Waals surface area (Å²) >= 11 is 5.95. The first-order valence-corrected chi connectivity index (χ1v) is 8.36. The number of ether oxygens (including phenoxy) is 1. The SMILES string of the molecule is O=C(OCc1nc(-c2cccc(Cl)c2)no1)c1cc(=O)[nH]c2ccccc12. The predicted octanol–water partition coefficient (Wildman–Crippen LogP) is 3.59. The van der Waals surface area contributed by atoms with Crippen LogP contribution in [0.3, 0.4) is 0 Å². The minimum Gasteiger partial charge on any atom is -0.452 e. The van der Waals surface area contributed by atoms with E-state index in [-0.39, 0.29) is 23.6 Å². The Morgan fingerprint density at radius 3 is 2.85 bits per heavy atom. The number of esters is 1. The molecule has 0 aliphatic heterocycles. The fraction of sp³-hybridized carbons (Fsp3) is 0.0526. The number of para-hydroxylation sites is 1. The van der Waals surface area contributed by atoms with Crippen molar-refractivity contribution >= 4 is 28.5 Å². The fourth-order valence-corrected chi connectivity index (χ4v) is 2.83. The molecule has 4 rings (SSSR count). The number of aromatic nitrogens is 3. The Hall–Kier alpha value is -3.45. The molecule has 0 fully saturated rings. The molecule has 0 spiro atoms. The van der Waals surface area contributed by atoms with E-state index in [1.807, 2.05) is 0 Å². The maximum atomic E-state index is 12.4. The highest BCUT2D eigenvalue weighted by Crippen LogP contribution is 2.20. The van der Waals surface area contributed by atoms with Gasteiger partial charge in [-0.05, 0) is 18.2 Å². The van der Waals surface area contributed by atoms with E-state index in [1.54, 1.807) is 48.5 Å². The number of H-pyrrole nitrogens is 1. The molecule has 0 aliphatic carbocycles. The molecule has 0 saturated carbocycles. The number of aromatic amines is 1. The van der Waals surface area contributed by atoms with Crippen LogP contribution in [-0.2, 0) is 11.3 Å². The van der Waals surface area contributed by atoms with Gasteiger partial charge in [0.05, 0.1) is 5.56 Å². The van der Waals surface area contributed by atoms with E-state index in [2.05, 4.69) is 15.1 Å². The van der Waals surface area contributed by atoms with E-state index in [1.165, 1.54) is 6.07 Å². The summed E-state index contributed by atoms with van der Waals surface area (Å²) in [5, 5.41) is 4.99. The summed E-state index contributed by atoms with van der Waals surface area (Å²) < 4.78 is 10.3. The minimum atomic E-state index is -0.653. The molecule has 0 unspecified atom stereocenters. The predicted molar refractivity (Wildman–Crippen MR) is 98.4 cm³/mol. The molecular weight excluding hydrogens is 370 g/mol. The molecule has 2 aromatic heterocycles. The lowest BCUT2D eigenvalue weighted by molar-refractivity contribution is 0.0432. The Morgan fingerprint density at radius 1 is 1.15 bits per heavy atom. The molecule has 0 saturated heterocycles. The number of rotatable bonds is 4. The molecule has 2 heterocycles. The number of hydrogen-bond acceptors (Lipinski definition) is 6. The van der Waals surface area contributed by atoms with Gasteiger partial charge in [-0.25, -0.2) is 4.79 Å². The van der Waals surface area contributed by atoms with Crippen molar-refractivity contribution in [1.82, 2.24) is 15.1 Å². The van der Waals surface area contributed by atoms with E-state index in [9.17, 15) is 9.59 Å². The topological polar surface area (TPSA) is 98.1 Å². The number of fused-ring (bicyclic) bond motifs is 1. The van der Waals surface area contributed by atoms with Gasteiger partial charge >= 0.3 is 5.97 Å². The quantitative estimate of drug-likeness (QED) is 0.542. The Kier molecular flexibility index (Phi) is 4.43. The van der Waals surface area contributed by atoms with Crippen molar-refractivity contribution in [1.29, 1.82) is 0 Å². The molecule has 4 aromatic rings. The Bertz CT molecular complexity index is 1200. The number of nitrogens with zero attached hydrogens (tertiary/aromatic N) is 2. The zero-order valence-corrected chi connectivity index (χ0v) is 14.6. The molecule has 0 amide bonds. The lowest BCUT2D eigenvalue weighted by Crippen LogP contribution is -2.13. The number of carbonyl (C=O) groups excluding carboxylic acids is 1. The van der Waals surface area contributed by atoms with Crippen LogP contribution in [0.1, 0.15) is 16.2 Å². The Labute approximate surface area is 157 Å². The summed E-state index contributed by atoms with van der Waals surface area (Å²) in [6, 6.07) is 15.2. The van der Waals surface area contributed by atoms with Gasteiger partial charge in [-0.3, -0.25) is 4.79 Å². The minimum absolute atomic E-state index is 0.132. The molecular formula is C19H12ClN3O4. The van der Waals surface area contributed by atoms with Crippen LogP contribution in [0.2, 0.25) is 5.02 Å². The van der Waals surface area contributed by atoms with E-state index in [0.717, 1.165) is 0 Å². The standard InChI is InChI=1S/C19H12ClN3O4/c20-12-5-3-4-11(8-12)18-22-17(27-23-18)10-26-19(25)14-9-16(24)21-15-7-2-1-6-13(14)15/h1-9H,10H2,(H,21,24). The monoisotopic (exact) mass is 381 g/mol. The van der Waals surface area contributed by atoms with Gasteiger partial charge in [-0.15, -0.1) is 0 Å². The normalized spacial score (nSPS) is 10.9. The number of halogens is 1. The van der Waals surface area contributed by atoms with Crippen LogP contribution >= 0.6 is 11.6 Å². The van der Waals surface area contributed by atoms with Gasteiger partial charge in [0.15, 0.2) is 6.61 Å². The van der Waals surface area contributed by atoms with Crippen molar-refractivity contribution in [2.75, 3.05) is 0 Å². The lowest BCUT2D eigenvalue weighted by Gasteiger charge is -2.05. The van der Waals surface area contributed by atoms with Gasteiger partial charge in [-0.1, -0.05) is 47.1 Å². The van der Waals surface area contributed by atoms with Crippen LogP contribution in [0.25, 0.3) is 22.3 Å². The summed E-state index contributed by atoms with van der Waals surface area (Å²) in [5.74, 6) is -0.183. The summed E-state index contributed by atoms with van der Waals surface area (Å²) in [5.41, 5.74) is 1.02. The smallest absolute Gasteiger partial charge is 0.339 e. The maximum absolute atomic E-state index is 12.4. The van der Waals surface area contributed by atoms with Gasteiger partial charge < -0.3 is 14.2 Å². The second-order valence-electron chi connectivity index (χ2n) is 5.69. The number of pyridine rings is 1. The lowest BCUT2D eigenvalue weighted by atomic mass is 10.1. The van der Waals surface area contributed by atoms with Gasteiger partial charge in [0.2, 0.25) is 11.4 Å². The summed E-state index contributed by atoms with van der Waals surface area (Å²) in [7, 11) is 0. The number of carbonyl (C=O) groups is 1. The third-order valence-corrected chi connectivity index (χ3v) is 4.08. The Balaban J connectivity index is 1.53. The third kappa shape index (κ3) is 3.58. The highest BCUT2D eigenvalue weighted by atomic mass is 35.5. The third-order valence-electron chi connectivity index (χ3n) is 3.85. The van der Waals surface area contributed by atoms with Crippen LogP contribution < -0.4 is 5.56 Å². The van der Waals surface area contributed by atoms with Gasteiger partial charge in [0.1, 0.15) is 0 Å². The Morgan fingerprint density at radius 2 is 2.00 bits per heavy atom. The molecule has 27 heavy (non-hydrogen) atoms. The number of nitrogens with one attached hydrogen (secondary N) is 1. The second kappa shape index (κ2) is 7.05. The molecule has 2 aromatic carbocycles. The highest BCUT2D eigenvalue weighted by Gasteiger charge is 2.16. The van der Waals surface area contributed by atoms with Crippen LogP contribution in [-0.4, -0.2) is 21.1 Å². The number of hydrogen-bond donors (Lipinski definition) is 1. The second-order valence-corrected chi connectivity index (χ2v) is 6.13. The molecule has 0 aliphatic rings. The fourth-order valence-electron chi connectivity index (χ4n) is 2.64. The van der Waals surface area contributed by atoms with Crippen LogP contribution in [0.4, 0.5) is 0 Å². The molecule has 0 radical (unpaired) electrons. The largest absolute Gasteiger partial charge is 0.452 e. The summed E-state index contributed by atoms with van der Waals surface area (Å²) in [6.45, 7) is -0.215. The van der Waals surface area contributed by atoms with E-state index in [0.29, 0.717) is 27.3 Å². The van der Waals surface area contributed by atoms with Crippen LogP contribution in [0, 0.1) is 0 Å². The van der Waals surface area contributed by atoms with Crippen molar-refractivity contribution in [3.63, 3.8) is 0 Å². The first kappa shape index (κ1) is 17.0. The molecule has 134 valence electrons.